The molecule has 0 bridgehead atoms. The maximum Gasteiger partial charge on any atom is 0.252 e. The van der Waals surface area contributed by atoms with Crippen molar-refractivity contribution in [1.82, 2.24) is 5.32 Å². The molecule has 2 aromatic rings. The molecule has 1 amide bonds. The molecule has 24 heavy (non-hydrogen) atoms. The molecule has 1 aliphatic heterocycles. The molecule has 126 valence electrons. The average Bonchev–Trinajstić information content (AvgIpc) is 2.61. The summed E-state index contributed by atoms with van der Waals surface area (Å²) >= 11 is 3.41. The molecule has 3 nitrogen and oxygen atoms in total. The molecule has 0 aliphatic carbocycles. The van der Waals surface area contributed by atoms with Gasteiger partial charge in [0.2, 0.25) is 0 Å². The number of nitrogens with one attached hydrogen (secondary N) is 1. The molecule has 5 heteroatoms. The third-order valence-corrected chi connectivity index (χ3v) is 5.30. The van der Waals surface area contributed by atoms with Crippen LogP contribution < -0.4 is 5.32 Å². The fourth-order valence-electron chi connectivity index (χ4n) is 3.12. The highest BCUT2D eigenvalue weighted by atomic mass is 79.9. The molecular weight excluding hydrogens is 373 g/mol. The second-order valence-electron chi connectivity index (χ2n) is 6.06. The molecular formula is C19H19BrFNO2. The number of hydrogen-bond acceptors (Lipinski definition) is 2. The van der Waals surface area contributed by atoms with Crippen LogP contribution in [-0.2, 0) is 10.2 Å². The number of carbonyl (C=O) groups excluding carboxylic acids is 1. The number of rotatable bonds is 4. The Balaban J connectivity index is 1.79. The molecule has 0 saturated carbocycles. The molecule has 1 aliphatic rings. The summed E-state index contributed by atoms with van der Waals surface area (Å²) in [6.07, 6.45) is 1.60. The average molecular weight is 392 g/mol. The monoisotopic (exact) mass is 391 g/mol. The Morgan fingerprint density at radius 1 is 1.12 bits per heavy atom. The van der Waals surface area contributed by atoms with E-state index < -0.39 is 0 Å². The lowest BCUT2D eigenvalue weighted by molar-refractivity contribution is 0.0487. The Bertz CT molecular complexity index is 712. The normalized spacial score (nSPS) is 16.6. The van der Waals surface area contributed by atoms with Gasteiger partial charge in [-0.3, -0.25) is 4.79 Å². The largest absolute Gasteiger partial charge is 0.381 e. The molecule has 1 fully saturated rings. The van der Waals surface area contributed by atoms with E-state index in [1.807, 2.05) is 30.3 Å². The zero-order valence-electron chi connectivity index (χ0n) is 13.2. The maximum absolute atomic E-state index is 13.3. The molecule has 0 atom stereocenters. The van der Waals surface area contributed by atoms with Gasteiger partial charge < -0.3 is 10.1 Å². The van der Waals surface area contributed by atoms with Gasteiger partial charge in [-0.15, -0.1) is 0 Å². The zero-order chi connectivity index (χ0) is 17.0. The van der Waals surface area contributed by atoms with E-state index in [1.165, 1.54) is 12.1 Å². The van der Waals surface area contributed by atoms with Crippen molar-refractivity contribution in [3.05, 3.63) is 69.9 Å². The van der Waals surface area contributed by atoms with Crippen LogP contribution in [-0.4, -0.2) is 25.7 Å². The van der Waals surface area contributed by atoms with Crippen molar-refractivity contribution in [2.75, 3.05) is 19.8 Å². The first kappa shape index (κ1) is 17.1. The van der Waals surface area contributed by atoms with Crippen LogP contribution in [0.2, 0.25) is 0 Å². The van der Waals surface area contributed by atoms with Gasteiger partial charge in [-0.25, -0.2) is 4.39 Å². The summed E-state index contributed by atoms with van der Waals surface area (Å²) in [4.78, 5) is 12.5. The van der Waals surface area contributed by atoms with E-state index in [-0.39, 0.29) is 17.1 Å². The minimum absolute atomic E-state index is 0.115. The Labute approximate surface area is 149 Å². The van der Waals surface area contributed by atoms with Crippen molar-refractivity contribution in [1.29, 1.82) is 0 Å². The van der Waals surface area contributed by atoms with Gasteiger partial charge in [0.15, 0.2) is 0 Å². The lowest BCUT2D eigenvalue weighted by Crippen LogP contribution is -2.44. The Morgan fingerprint density at radius 2 is 1.79 bits per heavy atom. The third kappa shape index (κ3) is 3.68. The SMILES string of the molecule is O=C(NCC1(c2ccc(F)cc2)CCOCC1)c1ccccc1Br. The fraction of sp³-hybridized carbons (Fsp3) is 0.316. The highest BCUT2D eigenvalue weighted by Gasteiger charge is 2.35. The van der Waals surface area contributed by atoms with Gasteiger partial charge in [0.05, 0.1) is 5.56 Å². The molecule has 0 aromatic heterocycles. The zero-order valence-corrected chi connectivity index (χ0v) is 14.8. The molecule has 1 N–H and O–H groups in total. The Kier molecular flexibility index (Phi) is 5.31. The van der Waals surface area contributed by atoms with Crippen LogP contribution in [0.25, 0.3) is 0 Å². The van der Waals surface area contributed by atoms with E-state index >= 15 is 0 Å². The topological polar surface area (TPSA) is 38.3 Å². The van der Waals surface area contributed by atoms with Crippen molar-refractivity contribution in [2.45, 2.75) is 18.3 Å². The summed E-state index contributed by atoms with van der Waals surface area (Å²) in [7, 11) is 0. The summed E-state index contributed by atoms with van der Waals surface area (Å²) in [6, 6.07) is 13.9. The second-order valence-corrected chi connectivity index (χ2v) is 6.92. The minimum atomic E-state index is -0.252. The van der Waals surface area contributed by atoms with E-state index in [2.05, 4.69) is 21.2 Å². The smallest absolute Gasteiger partial charge is 0.252 e. The minimum Gasteiger partial charge on any atom is -0.381 e. The van der Waals surface area contributed by atoms with Crippen molar-refractivity contribution < 1.29 is 13.9 Å². The van der Waals surface area contributed by atoms with Crippen LogP contribution >= 0.6 is 15.9 Å². The first-order chi connectivity index (χ1) is 11.6. The van der Waals surface area contributed by atoms with Gasteiger partial charge in [0, 0.05) is 29.6 Å². The highest BCUT2D eigenvalue weighted by Crippen LogP contribution is 2.34. The predicted octanol–water partition coefficient (Wildman–Crippen LogP) is 4.07. The lowest BCUT2D eigenvalue weighted by Gasteiger charge is -2.38. The molecule has 0 spiro atoms. The predicted molar refractivity (Wildman–Crippen MR) is 94.6 cm³/mol. The van der Waals surface area contributed by atoms with Gasteiger partial charge in [-0.2, -0.15) is 0 Å². The van der Waals surface area contributed by atoms with Gasteiger partial charge in [-0.05, 0) is 58.6 Å². The van der Waals surface area contributed by atoms with Crippen molar-refractivity contribution in [3.63, 3.8) is 0 Å². The first-order valence-corrected chi connectivity index (χ1v) is 8.77. The summed E-state index contributed by atoms with van der Waals surface area (Å²) in [5.74, 6) is -0.367. The van der Waals surface area contributed by atoms with Crippen LogP contribution in [0.4, 0.5) is 4.39 Å². The van der Waals surface area contributed by atoms with E-state index in [0.717, 1.165) is 22.9 Å². The van der Waals surface area contributed by atoms with Crippen molar-refractivity contribution in [3.8, 4) is 0 Å². The number of halogens is 2. The fourth-order valence-corrected chi connectivity index (χ4v) is 3.59. The van der Waals surface area contributed by atoms with Crippen LogP contribution in [0.3, 0.4) is 0 Å². The van der Waals surface area contributed by atoms with Crippen LogP contribution in [0.5, 0.6) is 0 Å². The summed E-state index contributed by atoms with van der Waals surface area (Å²) in [5, 5.41) is 3.05. The van der Waals surface area contributed by atoms with E-state index in [9.17, 15) is 9.18 Å². The maximum atomic E-state index is 13.3. The molecule has 3 rings (SSSR count). The quantitative estimate of drug-likeness (QED) is 0.852. The summed E-state index contributed by atoms with van der Waals surface area (Å²) in [6.45, 7) is 1.78. The number of carbonyl (C=O) groups is 1. The number of amides is 1. The van der Waals surface area contributed by atoms with E-state index in [4.69, 9.17) is 4.74 Å². The van der Waals surface area contributed by atoms with E-state index in [0.29, 0.717) is 25.3 Å². The second kappa shape index (κ2) is 7.45. The molecule has 1 heterocycles. The lowest BCUT2D eigenvalue weighted by atomic mass is 9.74. The number of ether oxygens (including phenoxy) is 1. The van der Waals surface area contributed by atoms with Gasteiger partial charge in [-0.1, -0.05) is 24.3 Å². The molecule has 0 radical (unpaired) electrons. The third-order valence-electron chi connectivity index (χ3n) is 4.61. The van der Waals surface area contributed by atoms with Crippen LogP contribution in [0.1, 0.15) is 28.8 Å². The number of benzene rings is 2. The highest BCUT2D eigenvalue weighted by molar-refractivity contribution is 9.10. The summed E-state index contributed by atoms with van der Waals surface area (Å²) in [5.41, 5.74) is 1.43. The molecule has 2 aromatic carbocycles. The van der Waals surface area contributed by atoms with Crippen molar-refractivity contribution in [2.24, 2.45) is 0 Å². The Morgan fingerprint density at radius 3 is 2.46 bits per heavy atom. The van der Waals surface area contributed by atoms with E-state index in [1.54, 1.807) is 6.07 Å². The van der Waals surface area contributed by atoms with Gasteiger partial charge >= 0.3 is 0 Å². The van der Waals surface area contributed by atoms with Crippen LogP contribution in [0.15, 0.2) is 53.0 Å². The van der Waals surface area contributed by atoms with Crippen LogP contribution in [0, 0.1) is 5.82 Å². The Hall–Kier alpha value is -1.72. The first-order valence-electron chi connectivity index (χ1n) is 7.97. The molecule has 1 saturated heterocycles. The summed E-state index contributed by atoms with van der Waals surface area (Å²) < 4.78 is 19.5. The standard InChI is InChI=1S/C19H19BrFNO2/c20-17-4-2-1-3-16(17)18(23)22-13-19(9-11-24-12-10-19)14-5-7-15(21)8-6-14/h1-8H,9-13H2,(H,22,23). The number of hydrogen-bond donors (Lipinski definition) is 1. The van der Waals surface area contributed by atoms with Gasteiger partial charge in [0.1, 0.15) is 5.82 Å². The van der Waals surface area contributed by atoms with Gasteiger partial charge in [0.25, 0.3) is 5.91 Å². The molecule has 0 unspecified atom stereocenters. The van der Waals surface area contributed by atoms with Crippen molar-refractivity contribution >= 4 is 21.8 Å².